The lowest BCUT2D eigenvalue weighted by atomic mass is 10.1. The van der Waals surface area contributed by atoms with Gasteiger partial charge in [0.15, 0.2) is 0 Å². The molecule has 0 aliphatic heterocycles. The van der Waals surface area contributed by atoms with Crippen molar-refractivity contribution >= 4 is 0 Å². The van der Waals surface area contributed by atoms with Crippen LogP contribution in [0.4, 0.5) is 0 Å². The molecule has 0 aliphatic rings. The van der Waals surface area contributed by atoms with Gasteiger partial charge in [0, 0.05) is 29.9 Å². The van der Waals surface area contributed by atoms with E-state index in [0.717, 1.165) is 23.2 Å². The van der Waals surface area contributed by atoms with Crippen LogP contribution >= 0.6 is 0 Å². The number of pyridine rings is 1. The molecular weight excluding hydrogens is 416 g/mol. The molecule has 1 atom stereocenters. The summed E-state index contributed by atoms with van der Waals surface area (Å²) in [5.74, 6) is 6.53. The minimum absolute atomic E-state index is 0.129. The fourth-order valence-electron chi connectivity index (χ4n) is 3.56. The van der Waals surface area contributed by atoms with Crippen molar-refractivity contribution in [1.82, 2.24) is 30.0 Å². The van der Waals surface area contributed by atoms with Crippen LogP contribution in [-0.2, 0) is 6.54 Å². The molecule has 0 saturated carbocycles. The molecule has 33 heavy (non-hydrogen) atoms. The van der Waals surface area contributed by atoms with Crippen LogP contribution in [0.2, 0.25) is 0 Å². The highest BCUT2D eigenvalue weighted by Crippen LogP contribution is 2.27. The monoisotopic (exact) mass is 440 g/mol. The molecule has 1 aromatic carbocycles. The third kappa shape index (κ3) is 4.73. The number of hydrogen-bond acceptors (Lipinski definition) is 7. The first kappa shape index (κ1) is 22.1. The second-order valence-corrected chi connectivity index (χ2v) is 7.62. The highest BCUT2D eigenvalue weighted by atomic mass is 16.4. The molecule has 4 aromatic rings. The zero-order chi connectivity index (χ0) is 23.4. The second kappa shape index (κ2) is 9.59. The van der Waals surface area contributed by atoms with Crippen LogP contribution in [0.15, 0.2) is 58.1 Å². The quantitative estimate of drug-likeness (QED) is 0.457. The van der Waals surface area contributed by atoms with Crippen LogP contribution in [0.3, 0.4) is 0 Å². The van der Waals surface area contributed by atoms with Crippen molar-refractivity contribution in [2.75, 3.05) is 7.05 Å². The van der Waals surface area contributed by atoms with Crippen LogP contribution in [0.1, 0.15) is 31.0 Å². The highest BCUT2D eigenvalue weighted by Gasteiger charge is 2.15. The molecule has 0 aliphatic carbocycles. The van der Waals surface area contributed by atoms with Gasteiger partial charge >= 0.3 is 0 Å². The van der Waals surface area contributed by atoms with Gasteiger partial charge in [-0.3, -0.25) is 9.78 Å². The lowest BCUT2D eigenvalue weighted by molar-refractivity contribution is 0.581. The van der Waals surface area contributed by atoms with Gasteiger partial charge in [0.1, 0.15) is 5.69 Å². The minimum Gasteiger partial charge on any atom is -0.415 e. The Morgan fingerprint density at radius 2 is 1.91 bits per heavy atom. The van der Waals surface area contributed by atoms with Crippen molar-refractivity contribution in [1.29, 1.82) is 0 Å². The third-order valence-electron chi connectivity index (χ3n) is 5.19. The molecular formula is C25H24N6O2. The number of aryl methyl sites for hydroxylation is 1. The summed E-state index contributed by atoms with van der Waals surface area (Å²) >= 11 is 0. The first-order valence-electron chi connectivity index (χ1n) is 10.6. The van der Waals surface area contributed by atoms with Gasteiger partial charge in [0.05, 0.1) is 24.1 Å². The standard InChI is InChI=1S/C25H24N6O2/c1-5-6-17(3)31-15-19(8-10-23(31)32)21-13-27-14-22(28-21)25-30-29-24(33-25)20-9-7-18(12-26-4)11-16(20)2/h7-11,13-15,17,26H,12H2,1-4H3. The summed E-state index contributed by atoms with van der Waals surface area (Å²) in [6.07, 6.45) is 4.94. The van der Waals surface area contributed by atoms with E-state index >= 15 is 0 Å². The lowest BCUT2D eigenvalue weighted by Crippen LogP contribution is -2.21. The fourth-order valence-corrected chi connectivity index (χ4v) is 3.56. The molecule has 3 heterocycles. The van der Waals surface area contributed by atoms with Gasteiger partial charge in [-0.05, 0) is 51.1 Å². The molecule has 0 bridgehead atoms. The Morgan fingerprint density at radius 1 is 1.12 bits per heavy atom. The molecule has 0 spiro atoms. The smallest absolute Gasteiger partial charge is 0.268 e. The molecule has 1 N–H and O–H groups in total. The summed E-state index contributed by atoms with van der Waals surface area (Å²) in [5, 5.41) is 11.5. The summed E-state index contributed by atoms with van der Waals surface area (Å²) in [7, 11) is 1.91. The summed E-state index contributed by atoms with van der Waals surface area (Å²) in [5.41, 5.74) is 4.75. The lowest BCUT2D eigenvalue weighted by Gasteiger charge is -2.11. The molecule has 1 unspecified atom stereocenters. The van der Waals surface area contributed by atoms with E-state index in [0.29, 0.717) is 17.3 Å². The SMILES string of the molecule is CC#CC(C)n1cc(-c2cncc(-c3nnc(-c4ccc(CNC)cc4C)o3)n2)ccc1=O. The predicted octanol–water partition coefficient (Wildman–Crippen LogP) is 3.63. The first-order chi connectivity index (χ1) is 16.0. The Morgan fingerprint density at radius 3 is 2.67 bits per heavy atom. The largest absolute Gasteiger partial charge is 0.415 e. The minimum atomic E-state index is -0.250. The van der Waals surface area contributed by atoms with Crippen LogP contribution < -0.4 is 10.9 Å². The van der Waals surface area contributed by atoms with Crippen LogP contribution in [0, 0.1) is 18.8 Å². The van der Waals surface area contributed by atoms with Gasteiger partial charge in [-0.25, -0.2) is 4.98 Å². The van der Waals surface area contributed by atoms with E-state index in [1.807, 2.05) is 33.0 Å². The van der Waals surface area contributed by atoms with Crippen molar-refractivity contribution in [2.45, 2.75) is 33.4 Å². The molecule has 0 amide bonds. The summed E-state index contributed by atoms with van der Waals surface area (Å²) in [4.78, 5) is 21.2. The fraction of sp³-hybridized carbons (Fsp3) is 0.240. The van der Waals surface area contributed by atoms with Crippen molar-refractivity contribution in [3.63, 3.8) is 0 Å². The maximum atomic E-state index is 12.3. The predicted molar refractivity (Wildman–Crippen MR) is 126 cm³/mol. The van der Waals surface area contributed by atoms with Gasteiger partial charge in [-0.2, -0.15) is 0 Å². The van der Waals surface area contributed by atoms with Gasteiger partial charge in [-0.1, -0.05) is 18.1 Å². The van der Waals surface area contributed by atoms with Crippen molar-refractivity contribution in [2.24, 2.45) is 0 Å². The molecule has 0 saturated heterocycles. The van der Waals surface area contributed by atoms with Crippen LogP contribution in [0.5, 0.6) is 0 Å². The van der Waals surface area contributed by atoms with E-state index in [4.69, 9.17) is 4.42 Å². The van der Waals surface area contributed by atoms with Gasteiger partial charge in [0.2, 0.25) is 5.89 Å². The summed E-state index contributed by atoms with van der Waals surface area (Å²) in [6.45, 7) is 6.42. The van der Waals surface area contributed by atoms with E-state index in [9.17, 15) is 4.79 Å². The van der Waals surface area contributed by atoms with E-state index in [1.165, 1.54) is 11.6 Å². The molecule has 0 radical (unpaired) electrons. The average Bonchev–Trinajstić information content (AvgIpc) is 3.30. The number of nitrogens with one attached hydrogen (secondary N) is 1. The number of benzene rings is 1. The van der Waals surface area contributed by atoms with Gasteiger partial charge in [-0.15, -0.1) is 16.1 Å². The van der Waals surface area contributed by atoms with E-state index < -0.39 is 0 Å². The Labute approximate surface area is 191 Å². The second-order valence-electron chi connectivity index (χ2n) is 7.62. The number of aromatic nitrogens is 5. The van der Waals surface area contributed by atoms with Crippen molar-refractivity contribution in [3.05, 3.63) is 70.4 Å². The molecule has 8 nitrogen and oxygen atoms in total. The topological polar surface area (TPSA) is 98.7 Å². The Bertz CT molecular complexity index is 1410. The van der Waals surface area contributed by atoms with E-state index in [2.05, 4.69) is 43.4 Å². The van der Waals surface area contributed by atoms with Crippen LogP contribution in [-0.4, -0.2) is 31.8 Å². The number of hydrogen-bond donors (Lipinski definition) is 1. The zero-order valence-electron chi connectivity index (χ0n) is 19.0. The molecule has 4 rings (SSSR count). The maximum Gasteiger partial charge on any atom is 0.268 e. The Hall–Kier alpha value is -4.09. The molecule has 3 aromatic heterocycles. The molecule has 166 valence electrons. The number of nitrogens with zero attached hydrogens (tertiary/aromatic N) is 5. The Balaban J connectivity index is 1.66. The molecule has 0 fully saturated rings. The van der Waals surface area contributed by atoms with Gasteiger partial charge in [0.25, 0.3) is 11.4 Å². The van der Waals surface area contributed by atoms with E-state index in [-0.39, 0.29) is 17.5 Å². The van der Waals surface area contributed by atoms with Gasteiger partial charge < -0.3 is 14.3 Å². The van der Waals surface area contributed by atoms with Crippen molar-refractivity contribution < 1.29 is 4.42 Å². The third-order valence-corrected chi connectivity index (χ3v) is 5.19. The molecule has 8 heteroatoms. The summed E-state index contributed by atoms with van der Waals surface area (Å²) in [6, 6.07) is 9.07. The highest BCUT2D eigenvalue weighted by molar-refractivity contribution is 5.62. The van der Waals surface area contributed by atoms with Crippen molar-refractivity contribution in [3.8, 4) is 46.1 Å². The normalized spacial score (nSPS) is 11.6. The zero-order valence-corrected chi connectivity index (χ0v) is 19.0. The average molecular weight is 441 g/mol. The summed E-state index contributed by atoms with van der Waals surface area (Å²) < 4.78 is 7.50. The Kier molecular flexibility index (Phi) is 6.43. The van der Waals surface area contributed by atoms with Crippen LogP contribution in [0.25, 0.3) is 34.3 Å². The van der Waals surface area contributed by atoms with E-state index in [1.54, 1.807) is 36.1 Å². The number of rotatable bonds is 6. The maximum absolute atomic E-state index is 12.3. The first-order valence-corrected chi connectivity index (χ1v) is 10.6.